The van der Waals surface area contributed by atoms with Gasteiger partial charge in [0.15, 0.2) is 0 Å². The second-order valence-electron chi connectivity index (χ2n) is 10.8. The molecule has 0 aliphatic rings. The summed E-state index contributed by atoms with van der Waals surface area (Å²) in [7, 11) is 2.90. The number of carbonyl (C=O) groups excluding carboxylic acids is 3. The minimum atomic E-state index is -4.57. The highest BCUT2D eigenvalue weighted by Gasteiger charge is 2.38. The van der Waals surface area contributed by atoms with Crippen molar-refractivity contribution in [2.75, 3.05) is 20.6 Å². The zero-order valence-corrected chi connectivity index (χ0v) is 22.3. The molecule has 0 spiro atoms. The van der Waals surface area contributed by atoms with Crippen LogP contribution in [0.1, 0.15) is 52.2 Å². The van der Waals surface area contributed by atoms with E-state index in [-0.39, 0.29) is 24.3 Å². The first-order chi connectivity index (χ1) is 16.8. The summed E-state index contributed by atoms with van der Waals surface area (Å²) in [6.07, 6.45) is -4.55. The molecular weight excluding hydrogens is 493 g/mol. The first-order valence-corrected chi connectivity index (χ1v) is 11.9. The number of nitro groups is 1. The molecule has 3 amide bonds. The number of rotatable bonds is 11. The molecule has 0 saturated carbocycles. The fourth-order valence-corrected chi connectivity index (χ4v) is 3.83. The van der Waals surface area contributed by atoms with Crippen molar-refractivity contribution in [1.29, 1.82) is 0 Å². The highest BCUT2D eigenvalue weighted by Crippen LogP contribution is 2.30. The van der Waals surface area contributed by atoms with E-state index in [0.717, 1.165) is 12.1 Å². The third kappa shape index (κ3) is 10.4. The minimum absolute atomic E-state index is 0.00725. The van der Waals surface area contributed by atoms with Gasteiger partial charge in [0.05, 0.1) is 5.56 Å². The van der Waals surface area contributed by atoms with Crippen LogP contribution in [0.25, 0.3) is 0 Å². The number of halogens is 3. The second kappa shape index (κ2) is 12.9. The van der Waals surface area contributed by atoms with E-state index in [0.29, 0.717) is 0 Å². The maximum absolute atomic E-state index is 13.3. The predicted octanol–water partition coefficient (Wildman–Crippen LogP) is 3.29. The molecule has 0 fully saturated rings. The molecule has 12 heteroatoms. The SMILES string of the molecule is CC(C)C[C@H](C[N+](=O)[O-])C(=O)N[C@H](C(=O)N[C@@H](Cc1cccc(C(F)(F)F)c1)C(=O)N(C)C)C(C)(C)C. The molecule has 1 aromatic rings. The van der Waals surface area contributed by atoms with Gasteiger partial charge in [-0.25, -0.2) is 0 Å². The molecule has 37 heavy (non-hydrogen) atoms. The third-order valence-corrected chi connectivity index (χ3v) is 5.66. The highest BCUT2D eigenvalue weighted by molar-refractivity contribution is 5.93. The average molecular weight is 531 g/mol. The van der Waals surface area contributed by atoms with E-state index in [1.807, 2.05) is 13.8 Å². The van der Waals surface area contributed by atoms with Gasteiger partial charge in [0, 0.05) is 25.4 Å². The molecule has 0 unspecified atom stereocenters. The smallest absolute Gasteiger partial charge is 0.347 e. The largest absolute Gasteiger partial charge is 0.416 e. The maximum atomic E-state index is 13.3. The molecule has 2 N–H and O–H groups in total. The number of nitrogens with one attached hydrogen (secondary N) is 2. The van der Waals surface area contributed by atoms with Crippen molar-refractivity contribution in [2.45, 2.75) is 65.7 Å². The Bertz CT molecular complexity index is 974. The van der Waals surface area contributed by atoms with Crippen molar-refractivity contribution in [3.8, 4) is 0 Å². The van der Waals surface area contributed by atoms with Crippen LogP contribution in [-0.4, -0.2) is 60.3 Å². The zero-order valence-electron chi connectivity index (χ0n) is 22.3. The summed E-state index contributed by atoms with van der Waals surface area (Å²) in [6, 6.07) is 2.10. The number of amides is 3. The second-order valence-corrected chi connectivity index (χ2v) is 10.8. The molecule has 0 radical (unpaired) electrons. The van der Waals surface area contributed by atoms with Crippen molar-refractivity contribution < 1.29 is 32.5 Å². The van der Waals surface area contributed by atoms with Crippen molar-refractivity contribution in [3.63, 3.8) is 0 Å². The molecular formula is C25H37F3N4O5. The van der Waals surface area contributed by atoms with E-state index in [1.54, 1.807) is 20.8 Å². The first kappa shape index (κ1) is 31.8. The lowest BCUT2D eigenvalue weighted by atomic mass is 9.85. The van der Waals surface area contributed by atoms with Crippen LogP contribution in [0.15, 0.2) is 24.3 Å². The molecule has 208 valence electrons. The Morgan fingerprint density at radius 2 is 1.65 bits per heavy atom. The van der Waals surface area contributed by atoms with Gasteiger partial charge in [-0.1, -0.05) is 52.8 Å². The lowest BCUT2D eigenvalue weighted by Crippen LogP contribution is -2.59. The maximum Gasteiger partial charge on any atom is 0.416 e. The predicted molar refractivity (Wildman–Crippen MR) is 132 cm³/mol. The fraction of sp³-hybridized carbons (Fsp3) is 0.640. The first-order valence-electron chi connectivity index (χ1n) is 11.9. The van der Waals surface area contributed by atoms with Crippen LogP contribution < -0.4 is 10.6 Å². The van der Waals surface area contributed by atoms with Gasteiger partial charge in [-0.05, 0) is 29.4 Å². The van der Waals surface area contributed by atoms with Crippen LogP contribution in [0.4, 0.5) is 13.2 Å². The van der Waals surface area contributed by atoms with Crippen LogP contribution in [0.2, 0.25) is 0 Å². The molecule has 0 aromatic heterocycles. The van der Waals surface area contributed by atoms with Gasteiger partial charge in [0.2, 0.25) is 24.3 Å². The van der Waals surface area contributed by atoms with Crippen molar-refractivity contribution in [3.05, 3.63) is 45.5 Å². The zero-order chi connectivity index (χ0) is 28.7. The molecule has 1 rings (SSSR count). The number of nitrogens with zero attached hydrogens (tertiary/aromatic N) is 2. The summed E-state index contributed by atoms with van der Waals surface area (Å²) < 4.78 is 39.5. The molecule has 0 saturated heterocycles. The number of benzene rings is 1. The lowest BCUT2D eigenvalue weighted by molar-refractivity contribution is -0.486. The van der Waals surface area contributed by atoms with Gasteiger partial charge in [-0.2, -0.15) is 13.2 Å². The van der Waals surface area contributed by atoms with Crippen LogP contribution >= 0.6 is 0 Å². The summed E-state index contributed by atoms with van der Waals surface area (Å²) in [5.41, 5.74) is -1.54. The molecule has 3 atom stereocenters. The molecule has 0 heterocycles. The topological polar surface area (TPSA) is 122 Å². The van der Waals surface area contributed by atoms with Crippen LogP contribution in [0.3, 0.4) is 0 Å². The Labute approximate surface area is 215 Å². The third-order valence-electron chi connectivity index (χ3n) is 5.66. The quantitative estimate of drug-likeness (QED) is 0.336. The molecule has 0 bridgehead atoms. The monoisotopic (exact) mass is 530 g/mol. The van der Waals surface area contributed by atoms with Crippen LogP contribution in [0, 0.1) is 27.4 Å². The Morgan fingerprint density at radius 3 is 2.11 bits per heavy atom. The summed E-state index contributed by atoms with van der Waals surface area (Å²) in [5.74, 6) is -2.90. The number of carbonyl (C=O) groups is 3. The van der Waals surface area contributed by atoms with Gasteiger partial charge in [-0.3, -0.25) is 24.5 Å². The fourth-order valence-electron chi connectivity index (χ4n) is 3.83. The standard InChI is InChI=1S/C25H37F3N4O5/c1-15(2)11-17(14-32(36)37)21(33)30-20(24(3,4)5)22(34)29-19(23(35)31(6)7)13-16-9-8-10-18(12-16)25(26,27)28/h8-10,12,15,17,19-20H,11,13-14H2,1-7H3,(H,29,34)(H,30,33)/t17-,19+,20-/m1/s1. The van der Waals surface area contributed by atoms with Gasteiger partial charge in [-0.15, -0.1) is 0 Å². The molecule has 1 aromatic carbocycles. The Balaban J connectivity index is 3.23. The summed E-state index contributed by atoms with van der Waals surface area (Å²) >= 11 is 0. The Hall–Kier alpha value is -3.18. The Kier molecular flexibility index (Phi) is 11.1. The minimum Gasteiger partial charge on any atom is -0.347 e. The van der Waals surface area contributed by atoms with Crippen molar-refractivity contribution in [2.24, 2.45) is 17.3 Å². The number of hydrogen-bond donors (Lipinski definition) is 2. The lowest BCUT2D eigenvalue weighted by Gasteiger charge is -2.33. The Morgan fingerprint density at radius 1 is 1.05 bits per heavy atom. The highest BCUT2D eigenvalue weighted by atomic mass is 19.4. The number of hydrogen-bond acceptors (Lipinski definition) is 5. The van der Waals surface area contributed by atoms with E-state index >= 15 is 0 Å². The van der Waals surface area contributed by atoms with Crippen LogP contribution in [-0.2, 0) is 27.0 Å². The summed E-state index contributed by atoms with van der Waals surface area (Å²) in [6.45, 7) is 8.08. The summed E-state index contributed by atoms with van der Waals surface area (Å²) in [5, 5.41) is 16.3. The van der Waals surface area contributed by atoms with Gasteiger partial charge in [0.1, 0.15) is 18.0 Å². The van der Waals surface area contributed by atoms with Crippen LogP contribution in [0.5, 0.6) is 0 Å². The molecule has 9 nitrogen and oxygen atoms in total. The van der Waals surface area contributed by atoms with Gasteiger partial charge >= 0.3 is 6.18 Å². The van der Waals surface area contributed by atoms with Gasteiger partial charge in [0.25, 0.3) is 0 Å². The number of alkyl halides is 3. The molecule has 0 aliphatic heterocycles. The average Bonchev–Trinajstić information content (AvgIpc) is 2.73. The normalized spacial score (nSPS) is 14.5. The van der Waals surface area contributed by atoms with Crippen molar-refractivity contribution in [1.82, 2.24) is 15.5 Å². The van der Waals surface area contributed by atoms with E-state index in [1.165, 1.54) is 31.1 Å². The van der Waals surface area contributed by atoms with E-state index in [4.69, 9.17) is 0 Å². The van der Waals surface area contributed by atoms with Gasteiger partial charge < -0.3 is 15.5 Å². The van der Waals surface area contributed by atoms with Crippen molar-refractivity contribution >= 4 is 17.7 Å². The molecule has 0 aliphatic carbocycles. The van der Waals surface area contributed by atoms with E-state index < -0.39 is 64.3 Å². The summed E-state index contributed by atoms with van der Waals surface area (Å²) in [4.78, 5) is 50.8. The van der Waals surface area contributed by atoms with E-state index in [2.05, 4.69) is 10.6 Å². The van der Waals surface area contributed by atoms with E-state index in [9.17, 15) is 37.7 Å². The number of likely N-dealkylation sites (N-methyl/N-ethyl adjacent to an activating group) is 1.